The predicted octanol–water partition coefficient (Wildman–Crippen LogP) is 2.23. The molecule has 0 bridgehead atoms. The lowest BCUT2D eigenvalue weighted by Crippen LogP contribution is -2.09. The number of rotatable bonds is 2. The molecule has 0 unspecified atom stereocenters. The second kappa shape index (κ2) is 2.50. The molecule has 43 valence electrons. The maximum Gasteiger partial charge on any atom is 0.246 e. The SMILES string of the molecule is CC(F)(F)CC[S]. The van der Waals surface area contributed by atoms with Crippen molar-refractivity contribution in [1.82, 2.24) is 0 Å². The molecule has 0 amide bonds. The number of hydrogen-bond acceptors (Lipinski definition) is 0. The molecule has 0 spiro atoms. The Kier molecular flexibility index (Phi) is 2.58. The van der Waals surface area contributed by atoms with E-state index in [4.69, 9.17) is 0 Å². The number of hydrogen-bond donors (Lipinski definition) is 0. The van der Waals surface area contributed by atoms with Crippen molar-refractivity contribution in [3.8, 4) is 0 Å². The molecule has 3 heteroatoms. The van der Waals surface area contributed by atoms with Crippen LogP contribution in [0, 0.1) is 0 Å². The molecule has 0 aromatic heterocycles. The summed E-state index contributed by atoms with van der Waals surface area (Å²) in [5.41, 5.74) is 0. The van der Waals surface area contributed by atoms with E-state index in [0.717, 1.165) is 6.92 Å². The molecule has 0 saturated heterocycles. The zero-order valence-electron chi connectivity index (χ0n) is 4.08. The fourth-order valence-electron chi connectivity index (χ4n) is 0.179. The Morgan fingerprint density at radius 2 is 2.00 bits per heavy atom. The van der Waals surface area contributed by atoms with Crippen LogP contribution in [0.5, 0.6) is 0 Å². The van der Waals surface area contributed by atoms with Gasteiger partial charge in [-0.15, -0.1) is 0 Å². The molecule has 0 aliphatic rings. The molecular weight excluding hydrogens is 118 g/mol. The van der Waals surface area contributed by atoms with Crippen LogP contribution >= 0.6 is 12.6 Å². The minimum atomic E-state index is -2.55. The summed E-state index contributed by atoms with van der Waals surface area (Å²) in [6.45, 7) is 0.874. The molecule has 1 radical (unpaired) electrons. The highest BCUT2D eigenvalue weighted by atomic mass is 32.1. The van der Waals surface area contributed by atoms with Gasteiger partial charge in [0.1, 0.15) is 0 Å². The molecular formula is C4H7F2S. The second-order valence-electron chi connectivity index (χ2n) is 1.52. The Balaban J connectivity index is 3.15. The van der Waals surface area contributed by atoms with Crippen LogP contribution in [0.25, 0.3) is 0 Å². The first kappa shape index (κ1) is 7.21. The second-order valence-corrected chi connectivity index (χ2v) is 1.93. The van der Waals surface area contributed by atoms with Crippen molar-refractivity contribution >= 4 is 12.6 Å². The van der Waals surface area contributed by atoms with Crippen LogP contribution in [0.15, 0.2) is 0 Å². The highest BCUT2D eigenvalue weighted by Crippen LogP contribution is 2.16. The third-order valence-corrected chi connectivity index (χ3v) is 0.745. The fourth-order valence-corrected chi connectivity index (χ4v) is 0.538. The maximum absolute atomic E-state index is 11.7. The van der Waals surface area contributed by atoms with E-state index in [-0.39, 0.29) is 12.2 Å². The number of halogens is 2. The quantitative estimate of drug-likeness (QED) is 0.531. The van der Waals surface area contributed by atoms with Crippen LogP contribution < -0.4 is 0 Å². The monoisotopic (exact) mass is 125 g/mol. The molecule has 0 nitrogen and oxygen atoms in total. The largest absolute Gasteiger partial charge is 0.246 e. The molecule has 0 aromatic rings. The lowest BCUT2D eigenvalue weighted by atomic mass is 10.3. The third-order valence-electron chi connectivity index (χ3n) is 0.541. The summed E-state index contributed by atoms with van der Waals surface area (Å²) in [5, 5.41) is 0. The van der Waals surface area contributed by atoms with Crippen LogP contribution in [-0.2, 0) is 0 Å². The van der Waals surface area contributed by atoms with Crippen LogP contribution in [-0.4, -0.2) is 11.7 Å². The van der Waals surface area contributed by atoms with Crippen LogP contribution in [0.2, 0.25) is 0 Å². The van der Waals surface area contributed by atoms with Gasteiger partial charge in [-0.3, -0.25) is 0 Å². The summed E-state index contributed by atoms with van der Waals surface area (Å²) in [6, 6.07) is 0. The predicted molar refractivity (Wildman–Crippen MR) is 27.7 cm³/mol. The normalized spacial score (nSPS) is 12.0. The van der Waals surface area contributed by atoms with Gasteiger partial charge in [-0.05, 0) is 6.92 Å². The van der Waals surface area contributed by atoms with Crippen LogP contribution in [0.3, 0.4) is 0 Å². The standard InChI is InChI=1S/C4H7F2S/c1-4(5,6)2-3-7/h2-3H2,1H3. The van der Waals surface area contributed by atoms with E-state index < -0.39 is 5.92 Å². The van der Waals surface area contributed by atoms with E-state index in [9.17, 15) is 8.78 Å². The van der Waals surface area contributed by atoms with Crippen molar-refractivity contribution in [2.24, 2.45) is 0 Å². The first-order valence-corrected chi connectivity index (χ1v) is 2.60. The minimum absolute atomic E-state index is 0.142. The molecule has 0 rings (SSSR count). The van der Waals surface area contributed by atoms with Gasteiger partial charge < -0.3 is 0 Å². The molecule has 0 aliphatic heterocycles. The summed E-state index contributed by atoms with van der Waals surface area (Å²) in [7, 11) is 0. The summed E-state index contributed by atoms with van der Waals surface area (Å²) >= 11 is 4.32. The number of alkyl halides is 2. The summed E-state index contributed by atoms with van der Waals surface area (Å²) in [4.78, 5) is 0. The molecule has 0 aromatic carbocycles. The van der Waals surface area contributed by atoms with Crippen LogP contribution in [0.1, 0.15) is 13.3 Å². The molecule has 0 atom stereocenters. The molecule has 0 aliphatic carbocycles. The lowest BCUT2D eigenvalue weighted by molar-refractivity contribution is 0.0195. The average Bonchev–Trinajstić information content (AvgIpc) is 1.30. The lowest BCUT2D eigenvalue weighted by Gasteiger charge is -2.04. The zero-order valence-corrected chi connectivity index (χ0v) is 4.89. The van der Waals surface area contributed by atoms with E-state index in [1.807, 2.05) is 0 Å². The first-order valence-electron chi connectivity index (χ1n) is 2.02. The first-order chi connectivity index (χ1) is 3.06. The van der Waals surface area contributed by atoms with Gasteiger partial charge in [-0.2, -0.15) is 0 Å². The highest BCUT2D eigenvalue weighted by molar-refractivity contribution is 7.80. The molecule has 0 N–H and O–H groups in total. The molecule has 7 heavy (non-hydrogen) atoms. The van der Waals surface area contributed by atoms with Gasteiger partial charge in [0.2, 0.25) is 5.92 Å². The van der Waals surface area contributed by atoms with Gasteiger partial charge in [0.05, 0.1) is 0 Å². The topological polar surface area (TPSA) is 0 Å². The van der Waals surface area contributed by atoms with Gasteiger partial charge in [-0.25, -0.2) is 8.78 Å². The smallest absolute Gasteiger partial charge is 0.207 e. The van der Waals surface area contributed by atoms with E-state index >= 15 is 0 Å². The van der Waals surface area contributed by atoms with Gasteiger partial charge in [0.25, 0.3) is 0 Å². The molecule has 0 saturated carbocycles. The average molecular weight is 125 g/mol. The Labute approximate surface area is 47.3 Å². The minimum Gasteiger partial charge on any atom is -0.207 e. The van der Waals surface area contributed by atoms with E-state index in [1.54, 1.807) is 0 Å². The van der Waals surface area contributed by atoms with Gasteiger partial charge in [0.15, 0.2) is 0 Å². The molecule has 0 fully saturated rings. The van der Waals surface area contributed by atoms with E-state index in [1.165, 1.54) is 0 Å². The van der Waals surface area contributed by atoms with Crippen molar-refractivity contribution in [1.29, 1.82) is 0 Å². The zero-order chi connectivity index (χ0) is 5.91. The summed E-state index contributed by atoms with van der Waals surface area (Å²) in [6.07, 6.45) is -0.178. The summed E-state index contributed by atoms with van der Waals surface area (Å²) in [5.74, 6) is -2.41. The van der Waals surface area contributed by atoms with Crippen LogP contribution in [0.4, 0.5) is 8.78 Å². The summed E-state index contributed by atoms with van der Waals surface area (Å²) < 4.78 is 23.3. The van der Waals surface area contributed by atoms with Crippen molar-refractivity contribution in [2.75, 3.05) is 5.75 Å². The van der Waals surface area contributed by atoms with Gasteiger partial charge in [-0.1, -0.05) is 12.6 Å². The van der Waals surface area contributed by atoms with Crippen molar-refractivity contribution < 1.29 is 8.78 Å². The van der Waals surface area contributed by atoms with E-state index in [0.29, 0.717) is 0 Å². The maximum atomic E-state index is 11.7. The Morgan fingerprint density at radius 3 is 2.00 bits per heavy atom. The van der Waals surface area contributed by atoms with Crippen molar-refractivity contribution in [3.05, 3.63) is 0 Å². The third kappa shape index (κ3) is 6.21. The van der Waals surface area contributed by atoms with Gasteiger partial charge in [0, 0.05) is 12.2 Å². The highest BCUT2D eigenvalue weighted by Gasteiger charge is 2.18. The van der Waals surface area contributed by atoms with Crippen molar-refractivity contribution in [2.45, 2.75) is 19.3 Å². The Bertz CT molecular complexity index is 48.1. The fraction of sp³-hybridized carbons (Fsp3) is 1.00. The van der Waals surface area contributed by atoms with Gasteiger partial charge >= 0.3 is 0 Å². The Hall–Kier alpha value is 0.210. The molecule has 0 heterocycles. The Morgan fingerprint density at radius 1 is 1.57 bits per heavy atom. The van der Waals surface area contributed by atoms with Crippen molar-refractivity contribution in [3.63, 3.8) is 0 Å². The van der Waals surface area contributed by atoms with E-state index in [2.05, 4.69) is 12.6 Å².